The molecule has 3 atom stereocenters. The van der Waals surface area contributed by atoms with Crippen LogP contribution >= 0.6 is 0 Å². The van der Waals surface area contributed by atoms with Crippen molar-refractivity contribution >= 4 is 17.8 Å². The van der Waals surface area contributed by atoms with Crippen LogP contribution in [0.15, 0.2) is 23.0 Å². The molecule has 0 spiro atoms. The second kappa shape index (κ2) is 11.8. The van der Waals surface area contributed by atoms with E-state index in [0.29, 0.717) is 5.92 Å². The second-order valence-electron chi connectivity index (χ2n) is 8.47. The number of hydrogen-bond donors (Lipinski definition) is 3. The molecule has 2 fully saturated rings. The normalized spacial score (nSPS) is 24.5. The molecule has 1 amide bonds. The highest BCUT2D eigenvalue weighted by Crippen LogP contribution is 2.39. The summed E-state index contributed by atoms with van der Waals surface area (Å²) in [5, 5.41) is 18.3. The molecule has 3 N–H and O–H groups in total. The van der Waals surface area contributed by atoms with Crippen molar-refractivity contribution in [1.82, 2.24) is 19.7 Å². The third-order valence-corrected chi connectivity index (χ3v) is 5.83. The van der Waals surface area contributed by atoms with Crippen LogP contribution in [0, 0.1) is 5.92 Å². The fourth-order valence-electron chi connectivity index (χ4n) is 4.57. The van der Waals surface area contributed by atoms with Gasteiger partial charge in [0, 0.05) is 70.2 Å². The van der Waals surface area contributed by atoms with Crippen molar-refractivity contribution in [3.63, 3.8) is 0 Å². The molecule has 0 unspecified atom stereocenters. The molecule has 4 heterocycles. The first kappa shape index (κ1) is 25.5. The first-order valence-electron chi connectivity index (χ1n) is 10.9. The maximum absolute atomic E-state index is 13.3. The zero-order valence-corrected chi connectivity index (χ0v) is 19.0. The molecule has 10 nitrogen and oxygen atoms in total. The second-order valence-corrected chi connectivity index (χ2v) is 8.47. The van der Waals surface area contributed by atoms with Gasteiger partial charge in [0.25, 0.3) is 17.5 Å². The van der Waals surface area contributed by atoms with E-state index >= 15 is 0 Å². The number of pyridine rings is 1. The zero-order chi connectivity index (χ0) is 23.8. The number of carboxylic acid groups (broad SMARTS) is 2. The molecule has 0 saturated carbocycles. The molecule has 4 rings (SSSR count). The first-order valence-corrected chi connectivity index (χ1v) is 10.9. The van der Waals surface area contributed by atoms with E-state index in [1.807, 2.05) is 17.0 Å². The van der Waals surface area contributed by atoms with Gasteiger partial charge in [-0.15, -0.1) is 0 Å². The molecular formula is C22H34N4O6. The predicted molar refractivity (Wildman–Crippen MR) is 119 cm³/mol. The van der Waals surface area contributed by atoms with E-state index < -0.39 is 11.9 Å². The van der Waals surface area contributed by atoms with Crippen LogP contribution in [0.5, 0.6) is 0 Å². The van der Waals surface area contributed by atoms with Gasteiger partial charge in [-0.3, -0.25) is 23.7 Å². The number of piperidine rings is 1. The number of carbonyl (C=O) groups is 3. The largest absolute Gasteiger partial charge is 0.481 e. The van der Waals surface area contributed by atoms with Crippen molar-refractivity contribution in [2.24, 2.45) is 5.92 Å². The van der Waals surface area contributed by atoms with E-state index in [2.05, 4.69) is 17.3 Å². The number of aliphatic carboxylic acids is 2. The Labute approximate surface area is 187 Å². The van der Waals surface area contributed by atoms with Gasteiger partial charge in [0.2, 0.25) is 5.91 Å². The Balaban J connectivity index is 0.000000395. The number of carbonyl (C=O) groups excluding carboxylic acids is 1. The van der Waals surface area contributed by atoms with Gasteiger partial charge in [-0.25, -0.2) is 0 Å². The fraction of sp³-hybridized carbons (Fsp3) is 0.636. The molecule has 3 aliphatic rings. The minimum absolute atomic E-state index is 0.0330. The van der Waals surface area contributed by atoms with Crippen LogP contribution in [-0.2, 0) is 14.4 Å². The topological polar surface area (TPSA) is 132 Å². The monoisotopic (exact) mass is 450 g/mol. The minimum atomic E-state index is -0.833. The van der Waals surface area contributed by atoms with Crippen molar-refractivity contribution < 1.29 is 24.6 Å². The van der Waals surface area contributed by atoms with Crippen LogP contribution in [0.1, 0.15) is 44.3 Å². The lowest BCUT2D eigenvalue weighted by molar-refractivity contribution is -0.137. The molecular weight excluding hydrogens is 416 g/mol. The number of aromatic nitrogens is 1. The van der Waals surface area contributed by atoms with Gasteiger partial charge in [0.15, 0.2) is 0 Å². The minimum Gasteiger partial charge on any atom is -0.481 e. The highest BCUT2D eigenvalue weighted by molar-refractivity contribution is 5.81. The van der Waals surface area contributed by atoms with Crippen LogP contribution in [0.3, 0.4) is 0 Å². The van der Waals surface area contributed by atoms with E-state index in [1.54, 1.807) is 10.6 Å². The van der Waals surface area contributed by atoms with Gasteiger partial charge >= 0.3 is 0 Å². The lowest BCUT2D eigenvalue weighted by Gasteiger charge is -2.43. The maximum Gasteiger partial charge on any atom is 0.300 e. The Hall–Kier alpha value is -2.72. The van der Waals surface area contributed by atoms with Gasteiger partial charge in [-0.1, -0.05) is 6.07 Å². The van der Waals surface area contributed by atoms with E-state index in [9.17, 15) is 9.59 Å². The Bertz CT molecular complexity index is 850. The Morgan fingerprint density at radius 2 is 1.66 bits per heavy atom. The summed E-state index contributed by atoms with van der Waals surface area (Å²) in [4.78, 5) is 48.2. The summed E-state index contributed by atoms with van der Waals surface area (Å²) < 4.78 is 1.80. The average Bonchev–Trinajstić information content (AvgIpc) is 2.92. The summed E-state index contributed by atoms with van der Waals surface area (Å²) in [7, 11) is 2.10. The van der Waals surface area contributed by atoms with Crippen molar-refractivity contribution in [1.29, 1.82) is 0 Å². The maximum atomic E-state index is 13.3. The predicted octanol–water partition coefficient (Wildman–Crippen LogP) is 0.442. The third-order valence-electron chi connectivity index (χ3n) is 5.83. The quantitative estimate of drug-likeness (QED) is 0.562. The van der Waals surface area contributed by atoms with E-state index in [1.165, 1.54) is 0 Å². The van der Waals surface area contributed by atoms with E-state index in [-0.39, 0.29) is 23.4 Å². The highest BCUT2D eigenvalue weighted by atomic mass is 16.4. The summed E-state index contributed by atoms with van der Waals surface area (Å²) in [5.74, 6) is -0.978. The lowest BCUT2D eigenvalue weighted by Crippen LogP contribution is -2.53. The van der Waals surface area contributed by atoms with Gasteiger partial charge in [0.05, 0.1) is 0 Å². The molecule has 2 saturated heterocycles. The van der Waals surface area contributed by atoms with E-state index in [4.69, 9.17) is 19.8 Å². The van der Waals surface area contributed by atoms with Crippen LogP contribution in [-0.4, -0.2) is 88.7 Å². The number of rotatable bonds is 1. The molecule has 178 valence electrons. The molecule has 0 aliphatic carbocycles. The van der Waals surface area contributed by atoms with Gasteiger partial charge < -0.3 is 25.3 Å². The number of nitrogens with one attached hydrogen (secondary N) is 1. The Morgan fingerprint density at radius 1 is 1.00 bits per heavy atom. The third kappa shape index (κ3) is 6.89. The molecule has 1 aromatic rings. The number of carboxylic acids is 2. The Morgan fingerprint density at radius 3 is 2.31 bits per heavy atom. The lowest BCUT2D eigenvalue weighted by atomic mass is 9.79. The van der Waals surface area contributed by atoms with Crippen LogP contribution < -0.4 is 10.9 Å². The molecule has 0 radical (unpaired) electrons. The van der Waals surface area contributed by atoms with Gasteiger partial charge in [-0.05, 0) is 32.5 Å². The standard InChI is InChI=1S/C18H26N4O2.2C2H4O2/c1-20-6-3-7-21(9-8-20)18(24)17-14-10-13(11-19-12-14)15-4-2-5-16(23)22(15)17;2*1-2(3)4/h2,4-5,13-14,17,19H,3,6-12H2,1H3;2*1H3,(H,3,4)/t13-,14+,17-;;/m1../s1. The number of hydrogen-bond acceptors (Lipinski definition) is 6. The molecule has 1 aromatic heterocycles. The number of amides is 1. The molecule has 2 bridgehead atoms. The van der Waals surface area contributed by atoms with Crippen molar-refractivity contribution in [3.8, 4) is 0 Å². The number of fused-ring (bicyclic) bond motifs is 4. The van der Waals surface area contributed by atoms with Crippen LogP contribution in [0.25, 0.3) is 0 Å². The summed E-state index contributed by atoms with van der Waals surface area (Å²) in [6.45, 7) is 7.36. The number of nitrogens with zero attached hydrogens (tertiary/aromatic N) is 3. The number of likely N-dealkylation sites (N-methyl/N-ethyl adjacent to an activating group) is 1. The smallest absolute Gasteiger partial charge is 0.300 e. The van der Waals surface area contributed by atoms with Crippen LogP contribution in [0.2, 0.25) is 0 Å². The average molecular weight is 451 g/mol. The summed E-state index contributed by atoms with van der Waals surface area (Å²) in [6.07, 6.45) is 2.00. The van der Waals surface area contributed by atoms with E-state index in [0.717, 1.165) is 71.7 Å². The molecule has 0 aromatic carbocycles. The molecule has 3 aliphatic heterocycles. The van der Waals surface area contributed by atoms with Crippen molar-refractivity contribution in [3.05, 3.63) is 34.2 Å². The molecule has 32 heavy (non-hydrogen) atoms. The van der Waals surface area contributed by atoms with Crippen LogP contribution in [0.4, 0.5) is 0 Å². The summed E-state index contributed by atoms with van der Waals surface area (Å²) in [6, 6.07) is 5.09. The summed E-state index contributed by atoms with van der Waals surface area (Å²) in [5.41, 5.74) is 0.991. The molecule has 10 heteroatoms. The fourth-order valence-corrected chi connectivity index (χ4v) is 4.57. The summed E-state index contributed by atoms with van der Waals surface area (Å²) >= 11 is 0. The SMILES string of the molecule is CC(=O)O.CC(=O)O.CN1CCCN(C(=O)[C@H]2[C@@H]3CNC[C@@H](C3)c3cccc(=O)n32)CC1. The van der Waals surface area contributed by atoms with Crippen molar-refractivity contribution in [2.75, 3.05) is 46.3 Å². The highest BCUT2D eigenvalue weighted by Gasteiger charge is 2.42. The Kier molecular flexibility index (Phi) is 9.40. The van der Waals surface area contributed by atoms with Gasteiger partial charge in [-0.2, -0.15) is 0 Å². The zero-order valence-electron chi connectivity index (χ0n) is 19.0. The van der Waals surface area contributed by atoms with Crippen molar-refractivity contribution in [2.45, 2.75) is 38.6 Å². The first-order chi connectivity index (χ1) is 15.1. The van der Waals surface area contributed by atoms with Gasteiger partial charge in [0.1, 0.15) is 6.04 Å².